The SMILES string of the molecule is CNC(=O)C[C@H](CC(C)C)Nc1nc(N2CCC3(CN(C(=O)OC(C)(C)C)C3)C2)nc2cc(C3CC3)cnc12. The van der Waals surface area contributed by atoms with E-state index in [-0.39, 0.29) is 23.5 Å². The maximum absolute atomic E-state index is 12.5. The number of ether oxygens (including phenoxy) is 1. The Morgan fingerprint density at radius 3 is 2.56 bits per heavy atom. The number of pyridine rings is 1. The Morgan fingerprint density at radius 1 is 1.18 bits per heavy atom. The highest BCUT2D eigenvalue weighted by Crippen LogP contribution is 2.43. The van der Waals surface area contributed by atoms with Crippen molar-refractivity contribution < 1.29 is 14.3 Å². The Morgan fingerprint density at radius 2 is 1.92 bits per heavy atom. The summed E-state index contributed by atoms with van der Waals surface area (Å²) in [6.45, 7) is 13.0. The van der Waals surface area contributed by atoms with E-state index >= 15 is 0 Å². The molecule has 1 saturated carbocycles. The van der Waals surface area contributed by atoms with Crippen molar-refractivity contribution in [2.45, 2.75) is 84.3 Å². The van der Waals surface area contributed by atoms with Crippen LogP contribution in [0.15, 0.2) is 12.3 Å². The molecule has 0 radical (unpaired) electrons. The number of aromatic nitrogens is 3. The van der Waals surface area contributed by atoms with Gasteiger partial charge in [-0.2, -0.15) is 4.98 Å². The zero-order valence-electron chi connectivity index (χ0n) is 24.2. The number of carbonyl (C=O) groups excluding carboxylic acids is 2. The van der Waals surface area contributed by atoms with Gasteiger partial charge in [-0.15, -0.1) is 0 Å². The van der Waals surface area contributed by atoms with Crippen molar-refractivity contribution in [3.63, 3.8) is 0 Å². The van der Waals surface area contributed by atoms with Crippen LogP contribution in [0.25, 0.3) is 11.0 Å². The molecular formula is C29H43N7O3. The number of amides is 2. The average Bonchev–Trinajstić information content (AvgIpc) is 3.58. The summed E-state index contributed by atoms with van der Waals surface area (Å²) >= 11 is 0. The molecular weight excluding hydrogens is 494 g/mol. The van der Waals surface area contributed by atoms with Gasteiger partial charge in [0.05, 0.1) is 5.52 Å². The molecule has 0 unspecified atom stereocenters. The smallest absolute Gasteiger partial charge is 0.410 e. The second-order valence-electron chi connectivity index (χ2n) is 13.1. The van der Waals surface area contributed by atoms with E-state index in [2.05, 4.69) is 35.4 Å². The van der Waals surface area contributed by atoms with Crippen molar-refractivity contribution >= 4 is 34.8 Å². The summed E-state index contributed by atoms with van der Waals surface area (Å²) in [5, 5.41) is 6.32. The predicted molar refractivity (Wildman–Crippen MR) is 152 cm³/mol. The number of anilines is 2. The fourth-order valence-corrected chi connectivity index (χ4v) is 5.77. The second kappa shape index (κ2) is 10.4. The number of nitrogens with zero attached hydrogens (tertiary/aromatic N) is 5. The Kier molecular flexibility index (Phi) is 7.33. The lowest BCUT2D eigenvalue weighted by atomic mass is 9.79. The van der Waals surface area contributed by atoms with Crippen molar-refractivity contribution in [2.75, 3.05) is 43.4 Å². The van der Waals surface area contributed by atoms with Crippen LogP contribution < -0.4 is 15.5 Å². The van der Waals surface area contributed by atoms with Crippen LogP contribution in [-0.2, 0) is 9.53 Å². The van der Waals surface area contributed by atoms with E-state index in [4.69, 9.17) is 19.7 Å². The maximum Gasteiger partial charge on any atom is 0.410 e. The molecule has 4 heterocycles. The fourth-order valence-electron chi connectivity index (χ4n) is 5.77. The molecule has 2 aromatic heterocycles. The number of hydrogen-bond acceptors (Lipinski definition) is 8. The highest BCUT2D eigenvalue weighted by molar-refractivity contribution is 5.87. The van der Waals surface area contributed by atoms with Crippen LogP contribution in [0.1, 0.15) is 78.2 Å². The number of rotatable bonds is 8. The van der Waals surface area contributed by atoms with Crippen molar-refractivity contribution in [1.82, 2.24) is 25.2 Å². The van der Waals surface area contributed by atoms with E-state index < -0.39 is 5.60 Å². The summed E-state index contributed by atoms with van der Waals surface area (Å²) in [6, 6.07) is 2.09. The van der Waals surface area contributed by atoms with E-state index in [1.807, 2.05) is 27.0 Å². The first-order valence-corrected chi connectivity index (χ1v) is 14.3. The summed E-state index contributed by atoms with van der Waals surface area (Å²) < 4.78 is 5.56. The van der Waals surface area contributed by atoms with Crippen LogP contribution in [0.4, 0.5) is 16.6 Å². The zero-order valence-corrected chi connectivity index (χ0v) is 24.2. The second-order valence-corrected chi connectivity index (χ2v) is 13.1. The Balaban J connectivity index is 1.38. The van der Waals surface area contributed by atoms with Gasteiger partial charge in [-0.05, 0) is 69.9 Å². The van der Waals surface area contributed by atoms with Gasteiger partial charge < -0.3 is 25.2 Å². The minimum atomic E-state index is -0.498. The van der Waals surface area contributed by atoms with E-state index in [1.54, 1.807) is 11.9 Å². The van der Waals surface area contributed by atoms with Gasteiger partial charge in [-0.3, -0.25) is 9.78 Å². The topological polar surface area (TPSA) is 113 Å². The number of fused-ring (bicyclic) bond motifs is 1. The highest BCUT2D eigenvalue weighted by Gasteiger charge is 2.50. The maximum atomic E-state index is 12.5. The van der Waals surface area contributed by atoms with Gasteiger partial charge in [0.15, 0.2) is 5.82 Å². The lowest BCUT2D eigenvalue weighted by Crippen LogP contribution is -2.60. The molecule has 10 heteroatoms. The molecule has 1 atom stereocenters. The van der Waals surface area contributed by atoms with Crippen molar-refractivity contribution in [3.8, 4) is 0 Å². The molecule has 1 aliphatic carbocycles. The summed E-state index contributed by atoms with van der Waals surface area (Å²) in [4.78, 5) is 43.6. The summed E-state index contributed by atoms with van der Waals surface area (Å²) in [5.74, 6) is 2.34. The molecule has 5 rings (SSSR count). The number of carbonyl (C=O) groups is 2. The first-order chi connectivity index (χ1) is 18.4. The Labute approximate surface area is 231 Å². The third kappa shape index (κ3) is 6.36. The molecule has 2 aromatic rings. The molecule has 3 aliphatic rings. The van der Waals surface area contributed by atoms with Gasteiger partial charge in [-0.25, -0.2) is 9.78 Å². The van der Waals surface area contributed by atoms with Gasteiger partial charge in [0.1, 0.15) is 11.1 Å². The Bertz CT molecular complexity index is 1230. The molecule has 39 heavy (non-hydrogen) atoms. The van der Waals surface area contributed by atoms with Gasteiger partial charge in [-0.1, -0.05) is 13.8 Å². The minimum Gasteiger partial charge on any atom is -0.444 e. The van der Waals surface area contributed by atoms with Gasteiger partial charge in [0, 0.05) is 57.3 Å². The van der Waals surface area contributed by atoms with Crippen LogP contribution in [0.5, 0.6) is 0 Å². The van der Waals surface area contributed by atoms with Gasteiger partial charge in [0.25, 0.3) is 0 Å². The minimum absolute atomic E-state index is 0.00303. The van der Waals surface area contributed by atoms with Crippen molar-refractivity contribution in [3.05, 3.63) is 17.8 Å². The normalized spacial score (nSPS) is 19.4. The molecule has 1 spiro atoms. The summed E-state index contributed by atoms with van der Waals surface area (Å²) in [7, 11) is 1.67. The molecule has 0 aromatic carbocycles. The lowest BCUT2D eigenvalue weighted by molar-refractivity contribution is -0.120. The lowest BCUT2D eigenvalue weighted by Gasteiger charge is -2.47. The van der Waals surface area contributed by atoms with Crippen molar-refractivity contribution in [1.29, 1.82) is 0 Å². The molecule has 212 valence electrons. The van der Waals surface area contributed by atoms with E-state index in [1.165, 1.54) is 18.4 Å². The van der Waals surface area contributed by atoms with Crippen LogP contribution in [0.2, 0.25) is 0 Å². The quantitative estimate of drug-likeness (QED) is 0.512. The van der Waals surface area contributed by atoms with Crippen LogP contribution in [0.3, 0.4) is 0 Å². The molecule has 2 saturated heterocycles. The molecule has 0 bridgehead atoms. The standard InChI is InChI=1S/C29H43N7O3/c1-18(2)11-21(13-23(37)30-6)32-25-24-22(12-20(14-31-24)19-7-8-19)33-26(34-25)35-10-9-29(15-35)16-36(17-29)27(38)39-28(3,4)5/h12,14,18-19,21H,7-11,13,15-17H2,1-6H3,(H,30,37)(H,32,33,34)/t21-/m0/s1. The average molecular weight is 538 g/mol. The van der Waals surface area contributed by atoms with E-state index in [9.17, 15) is 9.59 Å². The van der Waals surface area contributed by atoms with Crippen LogP contribution in [0, 0.1) is 11.3 Å². The number of hydrogen-bond donors (Lipinski definition) is 2. The van der Waals surface area contributed by atoms with Gasteiger partial charge >= 0.3 is 6.09 Å². The largest absolute Gasteiger partial charge is 0.444 e. The fraction of sp³-hybridized carbons (Fsp3) is 0.690. The first kappa shape index (κ1) is 27.4. The first-order valence-electron chi connectivity index (χ1n) is 14.3. The molecule has 3 fully saturated rings. The molecule has 10 nitrogen and oxygen atoms in total. The number of likely N-dealkylation sites (tertiary alicyclic amines) is 1. The highest BCUT2D eigenvalue weighted by atomic mass is 16.6. The zero-order chi connectivity index (χ0) is 27.9. The number of nitrogens with one attached hydrogen (secondary N) is 2. The van der Waals surface area contributed by atoms with E-state index in [0.717, 1.165) is 37.0 Å². The predicted octanol–water partition coefficient (Wildman–Crippen LogP) is 4.31. The summed E-state index contributed by atoms with van der Waals surface area (Å²) in [5.41, 5.74) is 2.34. The molecule has 2 aliphatic heterocycles. The monoisotopic (exact) mass is 537 g/mol. The van der Waals surface area contributed by atoms with Crippen LogP contribution >= 0.6 is 0 Å². The third-order valence-corrected chi connectivity index (χ3v) is 7.83. The third-order valence-electron chi connectivity index (χ3n) is 7.83. The van der Waals surface area contributed by atoms with Crippen LogP contribution in [-0.4, -0.2) is 76.7 Å². The molecule has 2 N–H and O–H groups in total. The summed E-state index contributed by atoms with van der Waals surface area (Å²) in [6.07, 6.45) is 6.28. The molecule has 2 amide bonds. The van der Waals surface area contributed by atoms with E-state index in [0.29, 0.717) is 43.1 Å². The van der Waals surface area contributed by atoms with Crippen molar-refractivity contribution in [2.24, 2.45) is 11.3 Å². The Hall–Kier alpha value is -3.17. The van der Waals surface area contributed by atoms with Gasteiger partial charge in [0.2, 0.25) is 11.9 Å².